The van der Waals surface area contributed by atoms with Crippen molar-refractivity contribution in [3.63, 3.8) is 0 Å². The van der Waals surface area contributed by atoms with E-state index in [-0.39, 0.29) is 75.1 Å². The molecular formula is C32H41N7O9. The minimum atomic E-state index is -1.18. The third-order valence-electron chi connectivity index (χ3n) is 8.45. The van der Waals surface area contributed by atoms with Gasteiger partial charge in [0.1, 0.15) is 12.1 Å². The lowest BCUT2D eigenvalue weighted by Gasteiger charge is -2.40. The quantitative estimate of drug-likeness (QED) is 0.275. The summed E-state index contributed by atoms with van der Waals surface area (Å²) in [6.07, 6.45) is 0.398. The van der Waals surface area contributed by atoms with Crippen molar-refractivity contribution in [1.82, 2.24) is 35.1 Å². The number of hydrogen-bond acceptors (Lipinski definition) is 9. The number of amides is 5. The monoisotopic (exact) mass is 667 g/mol. The number of nitrogens with one attached hydrogen (secondary N) is 2. The van der Waals surface area contributed by atoms with Crippen LogP contribution in [0, 0.1) is 0 Å². The lowest BCUT2D eigenvalue weighted by atomic mass is 10.0. The molecule has 0 spiro atoms. The van der Waals surface area contributed by atoms with Crippen molar-refractivity contribution in [3.05, 3.63) is 42.1 Å². The fraction of sp³-hybridized carbons (Fsp3) is 0.531. The number of piperazine rings is 1. The highest BCUT2D eigenvalue weighted by molar-refractivity contribution is 5.97. The van der Waals surface area contributed by atoms with E-state index in [1.807, 2.05) is 0 Å². The van der Waals surface area contributed by atoms with E-state index in [9.17, 15) is 33.9 Å². The van der Waals surface area contributed by atoms with Crippen molar-refractivity contribution in [2.45, 2.75) is 70.2 Å². The molecule has 3 heterocycles. The Morgan fingerprint density at radius 3 is 2.25 bits per heavy atom. The average molecular weight is 668 g/mol. The largest absolute Gasteiger partial charge is 0.481 e. The molecule has 3 unspecified atom stereocenters. The smallest absolute Gasteiger partial charge is 0.409 e. The van der Waals surface area contributed by atoms with Gasteiger partial charge in [0.05, 0.1) is 12.3 Å². The summed E-state index contributed by atoms with van der Waals surface area (Å²) in [5.41, 5.74) is 0.411. The van der Waals surface area contributed by atoms with E-state index in [1.165, 1.54) is 25.4 Å². The van der Waals surface area contributed by atoms with Crippen LogP contribution in [0.4, 0.5) is 4.79 Å². The first-order chi connectivity index (χ1) is 23.0. The lowest BCUT2D eigenvalue weighted by molar-refractivity contribution is -0.152. The number of para-hydroxylation sites is 1. The van der Waals surface area contributed by atoms with Crippen LogP contribution in [0.1, 0.15) is 56.4 Å². The normalized spacial score (nSPS) is 18.6. The van der Waals surface area contributed by atoms with E-state index in [1.54, 1.807) is 44.2 Å². The maximum absolute atomic E-state index is 13.5. The zero-order valence-electron chi connectivity index (χ0n) is 27.0. The van der Waals surface area contributed by atoms with Crippen LogP contribution in [0.25, 0.3) is 5.69 Å². The molecule has 2 aliphatic heterocycles. The van der Waals surface area contributed by atoms with Gasteiger partial charge in [0, 0.05) is 51.3 Å². The van der Waals surface area contributed by atoms with Gasteiger partial charge in [-0.3, -0.25) is 24.0 Å². The molecule has 5 amide bonds. The summed E-state index contributed by atoms with van der Waals surface area (Å²) >= 11 is 0. The van der Waals surface area contributed by atoms with E-state index < -0.39 is 42.1 Å². The Hall–Kier alpha value is -5.15. The molecule has 0 bridgehead atoms. The summed E-state index contributed by atoms with van der Waals surface area (Å²) in [6.45, 7) is 4.73. The first-order valence-electron chi connectivity index (χ1n) is 16.2. The Bertz CT molecular complexity index is 1520. The molecule has 2 aromatic rings. The van der Waals surface area contributed by atoms with E-state index >= 15 is 0 Å². The maximum atomic E-state index is 13.5. The number of hydrogen-bond donors (Lipinski definition) is 3. The number of benzene rings is 1. The van der Waals surface area contributed by atoms with Gasteiger partial charge in [-0.2, -0.15) is 5.10 Å². The van der Waals surface area contributed by atoms with Crippen LogP contribution in [-0.2, 0) is 23.9 Å². The molecule has 5 rings (SSSR count). The average Bonchev–Trinajstić information content (AvgIpc) is 3.77. The van der Waals surface area contributed by atoms with Gasteiger partial charge < -0.3 is 39.9 Å². The van der Waals surface area contributed by atoms with E-state index in [4.69, 9.17) is 9.47 Å². The number of ether oxygens (including phenoxy) is 2. The van der Waals surface area contributed by atoms with Gasteiger partial charge in [-0.05, 0) is 51.7 Å². The Labute approximate surface area is 277 Å². The highest BCUT2D eigenvalue weighted by Gasteiger charge is 2.41. The number of carboxylic acids is 1. The topological polar surface area (TPSA) is 193 Å². The molecule has 0 radical (unpaired) electrons. The molecule has 48 heavy (non-hydrogen) atoms. The van der Waals surface area contributed by atoms with Crippen LogP contribution >= 0.6 is 0 Å². The van der Waals surface area contributed by atoms with Crippen molar-refractivity contribution in [3.8, 4) is 11.6 Å². The first-order valence-corrected chi connectivity index (χ1v) is 16.2. The molecule has 1 aromatic heterocycles. The van der Waals surface area contributed by atoms with Crippen molar-refractivity contribution < 1.29 is 43.3 Å². The second-order valence-corrected chi connectivity index (χ2v) is 12.0. The number of carboxylic acid groups (broad SMARTS) is 1. The number of likely N-dealkylation sites (tertiary alicyclic amines) is 1. The van der Waals surface area contributed by atoms with Gasteiger partial charge in [-0.1, -0.05) is 18.2 Å². The zero-order chi connectivity index (χ0) is 34.4. The third kappa shape index (κ3) is 8.22. The minimum Gasteiger partial charge on any atom is -0.481 e. The summed E-state index contributed by atoms with van der Waals surface area (Å²) in [5, 5.41) is 19.3. The standard InChI is InChI=1S/C32H41N7O9/c1-3-47-32(46)37-17-15-36(16-18-37)31(45)23(11-12-27(40)41)34-28(42)24-19-26(39(35-24)22-7-5-4-6-8-22)48-20(2)30(44)38-14-13-25(38)29(43)33-21-9-10-21/h4-8,19-21,23,25H,3,9-18H2,1-2H3,(H,33,43)(H,34,42)(H,40,41). The van der Waals surface area contributed by atoms with Crippen LogP contribution in [0.2, 0.25) is 0 Å². The summed E-state index contributed by atoms with van der Waals surface area (Å²) in [4.78, 5) is 80.8. The molecule has 1 saturated carbocycles. The third-order valence-corrected chi connectivity index (χ3v) is 8.45. The van der Waals surface area contributed by atoms with E-state index in [0.29, 0.717) is 18.7 Å². The van der Waals surface area contributed by atoms with E-state index in [2.05, 4.69) is 15.7 Å². The van der Waals surface area contributed by atoms with Gasteiger partial charge in [0.25, 0.3) is 11.8 Å². The van der Waals surface area contributed by atoms with Crippen LogP contribution in [0.3, 0.4) is 0 Å². The molecule has 2 saturated heterocycles. The maximum Gasteiger partial charge on any atom is 0.409 e. The van der Waals surface area contributed by atoms with Gasteiger partial charge in [-0.15, -0.1) is 0 Å². The molecule has 1 aromatic carbocycles. The number of aromatic nitrogens is 2. The summed E-state index contributed by atoms with van der Waals surface area (Å²) in [7, 11) is 0. The fourth-order valence-electron chi connectivity index (χ4n) is 5.53. The molecule has 3 atom stereocenters. The lowest BCUT2D eigenvalue weighted by Crippen LogP contribution is -2.61. The zero-order valence-corrected chi connectivity index (χ0v) is 27.0. The van der Waals surface area contributed by atoms with Gasteiger partial charge in [0.15, 0.2) is 11.8 Å². The van der Waals surface area contributed by atoms with Crippen LogP contribution in [0.15, 0.2) is 36.4 Å². The Morgan fingerprint density at radius 1 is 0.958 bits per heavy atom. The number of rotatable bonds is 13. The second-order valence-electron chi connectivity index (χ2n) is 12.0. The van der Waals surface area contributed by atoms with Crippen molar-refractivity contribution in [2.24, 2.45) is 0 Å². The Morgan fingerprint density at radius 2 is 1.65 bits per heavy atom. The summed E-state index contributed by atoms with van der Waals surface area (Å²) in [6, 6.07) is 8.58. The number of carbonyl (C=O) groups excluding carboxylic acids is 5. The predicted octanol–water partition coefficient (Wildman–Crippen LogP) is 0.783. The second kappa shape index (κ2) is 15.2. The molecule has 258 valence electrons. The molecule has 1 aliphatic carbocycles. The van der Waals surface area contributed by atoms with E-state index in [0.717, 1.165) is 12.8 Å². The predicted molar refractivity (Wildman–Crippen MR) is 168 cm³/mol. The van der Waals surface area contributed by atoms with Crippen molar-refractivity contribution in [1.29, 1.82) is 0 Å². The molecule has 16 heteroatoms. The highest BCUT2D eigenvalue weighted by atomic mass is 16.6. The van der Waals surface area contributed by atoms with Crippen molar-refractivity contribution in [2.75, 3.05) is 39.3 Å². The summed E-state index contributed by atoms with van der Waals surface area (Å²) < 4.78 is 12.4. The minimum absolute atomic E-state index is 0.0789. The van der Waals surface area contributed by atoms with Gasteiger partial charge in [-0.25, -0.2) is 9.48 Å². The molecule has 3 aliphatic rings. The van der Waals surface area contributed by atoms with Crippen LogP contribution < -0.4 is 15.4 Å². The number of nitrogens with zero attached hydrogens (tertiary/aromatic N) is 5. The Balaban J connectivity index is 1.29. The molecule has 16 nitrogen and oxygen atoms in total. The summed E-state index contributed by atoms with van der Waals surface area (Å²) in [5.74, 6) is -2.85. The molecular weight excluding hydrogens is 626 g/mol. The number of aliphatic carboxylic acids is 1. The van der Waals surface area contributed by atoms with Gasteiger partial charge in [0.2, 0.25) is 17.7 Å². The first kappa shape index (κ1) is 34.2. The fourth-order valence-corrected chi connectivity index (χ4v) is 5.53. The van der Waals surface area contributed by atoms with Crippen LogP contribution in [0.5, 0.6) is 5.88 Å². The number of carbonyl (C=O) groups is 6. The molecule has 3 fully saturated rings. The van der Waals surface area contributed by atoms with Crippen LogP contribution in [-0.4, -0.2) is 129 Å². The molecule has 3 N–H and O–H groups in total. The van der Waals surface area contributed by atoms with Crippen molar-refractivity contribution >= 4 is 35.7 Å². The SMILES string of the molecule is CCOC(=O)N1CCN(C(=O)C(CCC(=O)O)NC(=O)c2cc(OC(C)C(=O)N3CCC3C(=O)NC3CC3)n(-c3ccccc3)n2)CC1. The Kier molecular flexibility index (Phi) is 10.8. The highest BCUT2D eigenvalue weighted by Crippen LogP contribution is 2.26. The van der Waals surface area contributed by atoms with Gasteiger partial charge >= 0.3 is 12.1 Å².